The van der Waals surface area contributed by atoms with Crippen LogP contribution in [0.1, 0.15) is 70.6 Å². The Hall–Kier alpha value is -0.570. The Balaban J connectivity index is 1.67. The smallest absolute Gasteiger partial charge is 0.244 e. The highest BCUT2D eigenvalue weighted by Gasteiger charge is 2.49. The number of amides is 1. The molecule has 102 valence electrons. The summed E-state index contributed by atoms with van der Waals surface area (Å²) in [4.78, 5) is 14.9. The predicted octanol–water partition coefficient (Wildman–Crippen LogP) is 2.80. The molecule has 0 aromatic carbocycles. The van der Waals surface area contributed by atoms with Gasteiger partial charge in [-0.05, 0) is 25.7 Å². The minimum Gasteiger partial charge on any atom is -0.325 e. The van der Waals surface area contributed by atoms with Crippen molar-refractivity contribution in [1.82, 2.24) is 10.2 Å². The van der Waals surface area contributed by atoms with Crippen molar-refractivity contribution in [2.24, 2.45) is 0 Å². The van der Waals surface area contributed by atoms with Crippen molar-refractivity contribution < 1.29 is 4.79 Å². The summed E-state index contributed by atoms with van der Waals surface area (Å²) in [5, 5.41) is 3.54. The Morgan fingerprint density at radius 2 is 1.56 bits per heavy atom. The molecule has 2 aliphatic carbocycles. The third-order valence-electron chi connectivity index (χ3n) is 5.23. The zero-order chi connectivity index (χ0) is 12.4. The van der Waals surface area contributed by atoms with Gasteiger partial charge in [-0.2, -0.15) is 0 Å². The lowest BCUT2D eigenvalue weighted by molar-refractivity contribution is -0.134. The molecule has 3 nitrogen and oxygen atoms in total. The van der Waals surface area contributed by atoms with Crippen LogP contribution in [0.2, 0.25) is 0 Å². The number of nitrogens with one attached hydrogen (secondary N) is 1. The lowest BCUT2D eigenvalue weighted by Gasteiger charge is -2.30. The monoisotopic (exact) mass is 250 g/mol. The number of carbonyl (C=O) groups is 1. The van der Waals surface area contributed by atoms with E-state index < -0.39 is 0 Å². The molecule has 0 radical (unpaired) electrons. The molecule has 3 aliphatic rings. The fourth-order valence-electron chi connectivity index (χ4n) is 4.07. The topological polar surface area (TPSA) is 32.3 Å². The minimum absolute atomic E-state index is 0.150. The van der Waals surface area contributed by atoms with E-state index in [-0.39, 0.29) is 5.54 Å². The van der Waals surface area contributed by atoms with Crippen LogP contribution >= 0.6 is 0 Å². The highest BCUT2D eigenvalue weighted by atomic mass is 16.2. The van der Waals surface area contributed by atoms with Crippen LogP contribution in [0.25, 0.3) is 0 Å². The van der Waals surface area contributed by atoms with Crippen LogP contribution in [-0.2, 0) is 4.79 Å². The largest absolute Gasteiger partial charge is 0.325 e. The van der Waals surface area contributed by atoms with Crippen molar-refractivity contribution >= 4 is 5.91 Å². The average molecular weight is 250 g/mol. The van der Waals surface area contributed by atoms with Gasteiger partial charge >= 0.3 is 0 Å². The molecule has 0 atom stereocenters. The fourth-order valence-corrected chi connectivity index (χ4v) is 4.07. The summed E-state index contributed by atoms with van der Waals surface area (Å²) in [7, 11) is 0. The molecule has 1 amide bonds. The van der Waals surface area contributed by atoms with Crippen molar-refractivity contribution in [3.05, 3.63) is 0 Å². The van der Waals surface area contributed by atoms with E-state index in [9.17, 15) is 4.79 Å². The van der Waals surface area contributed by atoms with Gasteiger partial charge in [0.05, 0.1) is 12.2 Å². The van der Waals surface area contributed by atoms with Crippen LogP contribution < -0.4 is 5.32 Å². The van der Waals surface area contributed by atoms with Gasteiger partial charge in [0.1, 0.15) is 0 Å². The fraction of sp³-hybridized carbons (Fsp3) is 0.933. The summed E-state index contributed by atoms with van der Waals surface area (Å²) in [6.07, 6.45) is 13.7. The van der Waals surface area contributed by atoms with Crippen molar-refractivity contribution in [1.29, 1.82) is 0 Å². The SMILES string of the molecule is O=C1N(C2CCCCCCC2)CNC12CCCC2. The second kappa shape index (κ2) is 5.20. The molecule has 2 saturated carbocycles. The van der Waals surface area contributed by atoms with Gasteiger partial charge in [0.2, 0.25) is 5.91 Å². The Bertz CT molecular complexity index is 302. The molecule has 1 spiro atoms. The minimum atomic E-state index is -0.150. The third kappa shape index (κ3) is 2.18. The van der Waals surface area contributed by atoms with Crippen molar-refractivity contribution in [2.45, 2.75) is 82.2 Å². The molecule has 1 heterocycles. The lowest BCUT2D eigenvalue weighted by Crippen LogP contribution is -2.45. The molecule has 0 unspecified atom stereocenters. The van der Waals surface area contributed by atoms with Crippen LogP contribution in [0.5, 0.6) is 0 Å². The summed E-state index contributed by atoms with van der Waals surface area (Å²) < 4.78 is 0. The molecule has 1 saturated heterocycles. The van der Waals surface area contributed by atoms with Gasteiger partial charge in [-0.1, -0.05) is 44.9 Å². The number of hydrogen-bond donors (Lipinski definition) is 1. The first-order chi connectivity index (χ1) is 8.82. The molecule has 18 heavy (non-hydrogen) atoms. The number of hydrogen-bond acceptors (Lipinski definition) is 2. The van der Waals surface area contributed by atoms with Crippen LogP contribution in [0.15, 0.2) is 0 Å². The quantitative estimate of drug-likeness (QED) is 0.776. The summed E-state index contributed by atoms with van der Waals surface area (Å²) in [6, 6.07) is 0.519. The zero-order valence-electron chi connectivity index (χ0n) is 11.4. The summed E-state index contributed by atoms with van der Waals surface area (Å²) >= 11 is 0. The highest BCUT2D eigenvalue weighted by molar-refractivity contribution is 5.88. The molecule has 1 N–H and O–H groups in total. The maximum Gasteiger partial charge on any atom is 0.244 e. The third-order valence-corrected chi connectivity index (χ3v) is 5.23. The van der Waals surface area contributed by atoms with Crippen LogP contribution in [-0.4, -0.2) is 29.1 Å². The van der Waals surface area contributed by atoms with Gasteiger partial charge in [-0.3, -0.25) is 10.1 Å². The van der Waals surface area contributed by atoms with E-state index in [0.29, 0.717) is 11.9 Å². The first-order valence-electron chi connectivity index (χ1n) is 7.88. The van der Waals surface area contributed by atoms with Gasteiger partial charge < -0.3 is 4.90 Å². The molecule has 3 rings (SSSR count). The molecule has 0 bridgehead atoms. The van der Waals surface area contributed by atoms with E-state index in [4.69, 9.17) is 0 Å². The standard InChI is InChI=1S/C15H26N2O/c18-14-15(10-6-7-11-15)16-12-17(14)13-8-4-2-1-3-5-9-13/h13,16H,1-12H2. The first-order valence-corrected chi connectivity index (χ1v) is 7.88. The van der Waals surface area contributed by atoms with Gasteiger partial charge in [-0.15, -0.1) is 0 Å². The number of nitrogens with zero attached hydrogens (tertiary/aromatic N) is 1. The second-order valence-corrected chi connectivity index (χ2v) is 6.40. The summed E-state index contributed by atoms with van der Waals surface area (Å²) in [5.41, 5.74) is -0.150. The molecule has 3 heteroatoms. The van der Waals surface area contributed by atoms with Gasteiger partial charge in [0.15, 0.2) is 0 Å². The van der Waals surface area contributed by atoms with E-state index in [1.54, 1.807) is 0 Å². The van der Waals surface area contributed by atoms with Gasteiger partial charge in [-0.25, -0.2) is 0 Å². The lowest BCUT2D eigenvalue weighted by atomic mass is 9.93. The highest BCUT2D eigenvalue weighted by Crippen LogP contribution is 2.36. The Kier molecular flexibility index (Phi) is 3.60. The van der Waals surface area contributed by atoms with Crippen LogP contribution in [0.4, 0.5) is 0 Å². The molecular formula is C15H26N2O. The normalized spacial score (nSPS) is 29.8. The van der Waals surface area contributed by atoms with Crippen LogP contribution in [0, 0.1) is 0 Å². The molecule has 0 aromatic heterocycles. The Morgan fingerprint density at radius 1 is 0.944 bits per heavy atom. The van der Waals surface area contributed by atoms with E-state index in [1.165, 1.54) is 57.8 Å². The Morgan fingerprint density at radius 3 is 2.22 bits per heavy atom. The summed E-state index contributed by atoms with van der Waals surface area (Å²) in [5.74, 6) is 0.422. The van der Waals surface area contributed by atoms with E-state index in [1.807, 2.05) is 0 Å². The predicted molar refractivity (Wildman–Crippen MR) is 72.2 cm³/mol. The maximum atomic E-state index is 12.7. The molecular weight excluding hydrogens is 224 g/mol. The van der Waals surface area contributed by atoms with E-state index in [2.05, 4.69) is 10.2 Å². The van der Waals surface area contributed by atoms with Gasteiger partial charge in [0, 0.05) is 6.04 Å². The second-order valence-electron chi connectivity index (χ2n) is 6.40. The number of carbonyl (C=O) groups excluding carboxylic acids is 1. The maximum absolute atomic E-state index is 12.7. The van der Waals surface area contributed by atoms with Crippen LogP contribution in [0.3, 0.4) is 0 Å². The zero-order valence-corrected chi connectivity index (χ0v) is 11.4. The average Bonchev–Trinajstić information content (AvgIpc) is 2.91. The van der Waals surface area contributed by atoms with Gasteiger partial charge in [0.25, 0.3) is 0 Å². The Labute approximate surface area is 110 Å². The molecule has 3 fully saturated rings. The van der Waals surface area contributed by atoms with E-state index >= 15 is 0 Å². The number of rotatable bonds is 1. The first kappa shape index (κ1) is 12.5. The van der Waals surface area contributed by atoms with Crippen molar-refractivity contribution in [3.63, 3.8) is 0 Å². The van der Waals surface area contributed by atoms with Crippen molar-refractivity contribution in [2.75, 3.05) is 6.67 Å². The van der Waals surface area contributed by atoms with Crippen molar-refractivity contribution in [3.8, 4) is 0 Å². The molecule has 1 aliphatic heterocycles. The molecule has 0 aromatic rings. The van der Waals surface area contributed by atoms with E-state index in [0.717, 1.165) is 19.5 Å². The summed E-state index contributed by atoms with van der Waals surface area (Å²) in [6.45, 7) is 0.809.